The lowest BCUT2D eigenvalue weighted by Gasteiger charge is -2.18. The number of hydroxylamine groups is 1. The number of rotatable bonds is 2. The molecule has 0 spiro atoms. The number of fused-ring (bicyclic) bond motifs is 1. The van der Waals surface area contributed by atoms with Crippen LogP contribution < -0.4 is 5.06 Å². The van der Waals surface area contributed by atoms with Crippen LogP contribution in [-0.4, -0.2) is 13.0 Å². The van der Waals surface area contributed by atoms with E-state index in [9.17, 15) is 4.79 Å². The third-order valence-corrected chi connectivity index (χ3v) is 2.79. The minimum absolute atomic E-state index is 0.101. The van der Waals surface area contributed by atoms with Gasteiger partial charge in [0, 0.05) is 6.92 Å². The molecule has 0 radical (unpaired) electrons. The fourth-order valence-corrected chi connectivity index (χ4v) is 2.10. The summed E-state index contributed by atoms with van der Waals surface area (Å²) in [4.78, 5) is 16.3. The van der Waals surface area contributed by atoms with Crippen molar-refractivity contribution in [3.63, 3.8) is 0 Å². The molecule has 0 heterocycles. The Morgan fingerprint density at radius 3 is 2.73 bits per heavy atom. The first kappa shape index (κ1) is 10.2. The van der Waals surface area contributed by atoms with Crippen LogP contribution in [0.5, 0.6) is 0 Å². The molecule has 0 aliphatic heterocycles. The van der Waals surface area contributed by atoms with Crippen LogP contribution >= 0.6 is 0 Å². The molecule has 0 saturated carbocycles. The van der Waals surface area contributed by atoms with Crippen LogP contribution in [-0.2, 0) is 22.5 Å². The second-order valence-corrected chi connectivity index (χ2v) is 3.80. The Morgan fingerprint density at radius 1 is 1.33 bits per heavy atom. The van der Waals surface area contributed by atoms with E-state index in [-0.39, 0.29) is 5.91 Å². The molecule has 0 atom stereocenters. The van der Waals surface area contributed by atoms with Gasteiger partial charge in [-0.1, -0.05) is 6.07 Å². The summed E-state index contributed by atoms with van der Waals surface area (Å²) >= 11 is 0. The quantitative estimate of drug-likeness (QED) is 0.692. The monoisotopic (exact) mass is 205 g/mol. The minimum Gasteiger partial charge on any atom is -0.273 e. The van der Waals surface area contributed by atoms with Crippen LogP contribution in [0.3, 0.4) is 0 Å². The number of hydrogen-bond acceptors (Lipinski definition) is 2. The van der Waals surface area contributed by atoms with E-state index < -0.39 is 0 Å². The van der Waals surface area contributed by atoms with Gasteiger partial charge in [-0.25, -0.2) is 0 Å². The van der Waals surface area contributed by atoms with E-state index in [4.69, 9.17) is 4.84 Å². The smallest absolute Gasteiger partial charge is 0.247 e. The fourth-order valence-electron chi connectivity index (χ4n) is 2.10. The van der Waals surface area contributed by atoms with Crippen molar-refractivity contribution in [2.45, 2.75) is 26.2 Å². The third-order valence-electron chi connectivity index (χ3n) is 2.79. The molecule has 1 aliphatic carbocycles. The number of carbonyl (C=O) groups is 1. The molecule has 1 aromatic rings. The average molecular weight is 205 g/mol. The number of anilines is 1. The van der Waals surface area contributed by atoms with Gasteiger partial charge >= 0.3 is 0 Å². The van der Waals surface area contributed by atoms with Gasteiger partial charge in [0.25, 0.3) is 0 Å². The normalized spacial score (nSPS) is 13.7. The number of hydrogen-bond donors (Lipinski definition) is 0. The maximum atomic E-state index is 11.3. The number of benzene rings is 1. The molecule has 0 unspecified atom stereocenters. The Hall–Kier alpha value is -1.35. The Balaban J connectivity index is 2.32. The van der Waals surface area contributed by atoms with Crippen molar-refractivity contribution in [1.29, 1.82) is 0 Å². The van der Waals surface area contributed by atoms with E-state index >= 15 is 0 Å². The fraction of sp³-hybridized carbons (Fsp3) is 0.417. The molecule has 3 nitrogen and oxygen atoms in total. The predicted octanol–water partition coefficient (Wildman–Crippen LogP) is 2.09. The first-order chi connectivity index (χ1) is 7.22. The molecule has 0 aromatic heterocycles. The zero-order valence-electron chi connectivity index (χ0n) is 9.12. The number of carbonyl (C=O) groups excluding carboxylic acids is 1. The van der Waals surface area contributed by atoms with Crippen LogP contribution in [0.15, 0.2) is 18.2 Å². The van der Waals surface area contributed by atoms with Crippen LogP contribution in [0.2, 0.25) is 0 Å². The summed E-state index contributed by atoms with van der Waals surface area (Å²) in [6, 6.07) is 6.08. The third kappa shape index (κ3) is 1.88. The summed E-state index contributed by atoms with van der Waals surface area (Å²) in [6.07, 6.45) is 3.48. The minimum atomic E-state index is -0.101. The Bertz CT molecular complexity index is 387. The van der Waals surface area contributed by atoms with Crippen LogP contribution in [0, 0.1) is 0 Å². The van der Waals surface area contributed by atoms with Crippen molar-refractivity contribution in [3.05, 3.63) is 29.3 Å². The maximum absolute atomic E-state index is 11.3. The predicted molar refractivity (Wildman–Crippen MR) is 58.6 cm³/mol. The molecule has 0 bridgehead atoms. The van der Waals surface area contributed by atoms with Crippen molar-refractivity contribution in [3.8, 4) is 0 Å². The van der Waals surface area contributed by atoms with Gasteiger partial charge in [-0.05, 0) is 42.5 Å². The van der Waals surface area contributed by atoms with Gasteiger partial charge in [-0.3, -0.25) is 9.63 Å². The van der Waals surface area contributed by atoms with Crippen LogP contribution in [0.1, 0.15) is 24.5 Å². The van der Waals surface area contributed by atoms with Gasteiger partial charge in [0.15, 0.2) is 0 Å². The molecule has 80 valence electrons. The second-order valence-electron chi connectivity index (χ2n) is 3.80. The summed E-state index contributed by atoms with van der Waals surface area (Å²) in [5.41, 5.74) is 3.57. The van der Waals surface area contributed by atoms with Gasteiger partial charge in [0.1, 0.15) is 0 Å². The van der Waals surface area contributed by atoms with E-state index in [1.807, 2.05) is 12.1 Å². The van der Waals surface area contributed by atoms with E-state index in [2.05, 4.69) is 6.07 Å². The molecule has 2 rings (SSSR count). The Labute approximate surface area is 89.6 Å². The van der Waals surface area contributed by atoms with Gasteiger partial charge in [-0.15, -0.1) is 0 Å². The van der Waals surface area contributed by atoms with E-state index in [0.717, 1.165) is 18.5 Å². The van der Waals surface area contributed by atoms with Crippen molar-refractivity contribution >= 4 is 11.6 Å². The van der Waals surface area contributed by atoms with Gasteiger partial charge in [0.05, 0.1) is 12.8 Å². The molecule has 1 aromatic carbocycles. The van der Waals surface area contributed by atoms with E-state index in [1.165, 1.54) is 36.6 Å². The summed E-state index contributed by atoms with van der Waals surface area (Å²) in [5, 5.41) is 1.32. The van der Waals surface area contributed by atoms with E-state index in [0.29, 0.717) is 0 Å². The van der Waals surface area contributed by atoms with Crippen molar-refractivity contribution in [2.24, 2.45) is 0 Å². The highest BCUT2D eigenvalue weighted by Crippen LogP contribution is 2.26. The van der Waals surface area contributed by atoms with Crippen molar-refractivity contribution in [2.75, 3.05) is 12.2 Å². The molecule has 0 saturated heterocycles. The highest BCUT2D eigenvalue weighted by molar-refractivity contribution is 5.89. The number of amides is 1. The standard InChI is InChI=1S/C12H15NO2/c1-9(14)13(15-2)12-7-6-10-4-3-5-11(10)8-12/h6-8H,3-5H2,1-2H3. The summed E-state index contributed by atoms with van der Waals surface area (Å²) in [7, 11) is 1.51. The molecule has 1 aliphatic rings. The zero-order chi connectivity index (χ0) is 10.8. The molecule has 0 fully saturated rings. The lowest BCUT2D eigenvalue weighted by atomic mass is 10.1. The largest absolute Gasteiger partial charge is 0.273 e. The SMILES string of the molecule is CON(C(C)=O)c1ccc2c(c1)CCC2. The van der Waals surface area contributed by atoms with Crippen LogP contribution in [0.25, 0.3) is 0 Å². The van der Waals surface area contributed by atoms with E-state index in [1.54, 1.807) is 0 Å². The Kier molecular flexibility index (Phi) is 2.73. The Morgan fingerprint density at radius 2 is 2.07 bits per heavy atom. The topological polar surface area (TPSA) is 29.5 Å². The molecule has 0 N–H and O–H groups in total. The number of nitrogens with zero attached hydrogens (tertiary/aromatic N) is 1. The van der Waals surface area contributed by atoms with Gasteiger partial charge in [-0.2, -0.15) is 5.06 Å². The molecule has 3 heteroatoms. The lowest BCUT2D eigenvalue weighted by molar-refractivity contribution is -0.122. The average Bonchev–Trinajstić information content (AvgIpc) is 2.65. The van der Waals surface area contributed by atoms with Gasteiger partial charge < -0.3 is 0 Å². The lowest BCUT2D eigenvalue weighted by Crippen LogP contribution is -2.26. The highest BCUT2D eigenvalue weighted by Gasteiger charge is 2.15. The summed E-state index contributed by atoms with van der Waals surface area (Å²) in [5.74, 6) is -0.101. The van der Waals surface area contributed by atoms with Crippen molar-refractivity contribution < 1.29 is 9.63 Å². The first-order valence-electron chi connectivity index (χ1n) is 5.19. The van der Waals surface area contributed by atoms with Gasteiger partial charge in [0.2, 0.25) is 5.91 Å². The molecular weight excluding hydrogens is 190 g/mol. The van der Waals surface area contributed by atoms with Crippen LogP contribution in [0.4, 0.5) is 5.69 Å². The summed E-state index contributed by atoms with van der Waals surface area (Å²) < 4.78 is 0. The second kappa shape index (κ2) is 4.03. The number of aryl methyl sites for hydroxylation is 2. The molecule has 15 heavy (non-hydrogen) atoms. The molecule has 1 amide bonds. The molecular formula is C12H15NO2. The summed E-state index contributed by atoms with van der Waals surface area (Å²) in [6.45, 7) is 1.50. The van der Waals surface area contributed by atoms with Crippen molar-refractivity contribution in [1.82, 2.24) is 0 Å². The zero-order valence-corrected chi connectivity index (χ0v) is 9.12. The highest BCUT2D eigenvalue weighted by atomic mass is 16.7. The maximum Gasteiger partial charge on any atom is 0.247 e. The first-order valence-corrected chi connectivity index (χ1v) is 5.19.